The van der Waals surface area contributed by atoms with Crippen LogP contribution in [0.25, 0.3) is 11.3 Å². The lowest BCUT2D eigenvalue weighted by Crippen LogP contribution is -2.30. The topological polar surface area (TPSA) is 62.0 Å². The van der Waals surface area contributed by atoms with Crippen LogP contribution in [0.4, 0.5) is 0 Å². The first kappa shape index (κ1) is 18.3. The first-order valence-corrected chi connectivity index (χ1v) is 9.95. The van der Waals surface area contributed by atoms with E-state index in [1.807, 2.05) is 18.2 Å². The summed E-state index contributed by atoms with van der Waals surface area (Å²) >= 11 is 1.65. The van der Waals surface area contributed by atoms with E-state index in [1.165, 1.54) is 31.4 Å². The van der Waals surface area contributed by atoms with Gasteiger partial charge in [-0.1, -0.05) is 19.1 Å². The molecule has 0 unspecified atom stereocenters. The highest BCUT2D eigenvalue weighted by molar-refractivity contribution is 7.95. The van der Waals surface area contributed by atoms with Crippen LogP contribution in [0.5, 0.6) is 5.75 Å². The van der Waals surface area contributed by atoms with Crippen LogP contribution in [0.1, 0.15) is 50.6 Å². The smallest absolute Gasteiger partial charge is 0.119 e. The van der Waals surface area contributed by atoms with Crippen molar-refractivity contribution in [1.29, 1.82) is 0 Å². The highest BCUT2D eigenvalue weighted by atomic mass is 32.2. The lowest BCUT2D eigenvalue weighted by atomic mass is 9.84. The quantitative estimate of drug-likeness (QED) is 0.485. The molecular formula is C19H28N4OS. The van der Waals surface area contributed by atoms with Gasteiger partial charge in [-0.15, -0.1) is 0 Å². The van der Waals surface area contributed by atoms with E-state index < -0.39 is 0 Å². The first-order valence-electron chi connectivity index (χ1n) is 9.14. The second-order valence-electron chi connectivity index (χ2n) is 6.60. The molecule has 0 radical (unpaired) electrons. The predicted molar refractivity (Wildman–Crippen MR) is 105 cm³/mol. The van der Waals surface area contributed by atoms with E-state index in [-0.39, 0.29) is 0 Å². The van der Waals surface area contributed by atoms with Crippen molar-refractivity contribution in [3.8, 4) is 17.0 Å². The highest BCUT2D eigenvalue weighted by Crippen LogP contribution is 2.34. The van der Waals surface area contributed by atoms with E-state index in [1.54, 1.807) is 19.2 Å². The number of H-pyrrole nitrogens is 1. The van der Waals surface area contributed by atoms with Crippen molar-refractivity contribution >= 4 is 12.1 Å². The van der Waals surface area contributed by atoms with Gasteiger partial charge in [-0.05, 0) is 50.3 Å². The number of rotatable bonds is 8. The van der Waals surface area contributed by atoms with Crippen molar-refractivity contribution in [1.82, 2.24) is 19.6 Å². The number of aromatic nitrogens is 2. The molecule has 2 aromatic rings. The number of aromatic amines is 1. The Kier molecular flexibility index (Phi) is 6.78. The number of nitrogens with zero attached hydrogens (tertiary/aromatic N) is 1. The van der Waals surface area contributed by atoms with Crippen LogP contribution in [0.3, 0.4) is 0 Å². The summed E-state index contributed by atoms with van der Waals surface area (Å²) < 4.78 is 12.2. The van der Waals surface area contributed by atoms with Crippen LogP contribution in [-0.2, 0) is 0 Å². The van der Waals surface area contributed by atoms with Crippen molar-refractivity contribution < 1.29 is 4.74 Å². The maximum Gasteiger partial charge on any atom is 0.119 e. The van der Waals surface area contributed by atoms with Crippen LogP contribution >= 0.6 is 12.1 Å². The molecule has 0 spiro atoms. The van der Waals surface area contributed by atoms with Gasteiger partial charge in [-0.25, -0.2) is 4.72 Å². The molecule has 0 bridgehead atoms. The maximum atomic E-state index is 5.31. The summed E-state index contributed by atoms with van der Waals surface area (Å²) in [6.07, 6.45) is 5.98. The zero-order chi connectivity index (χ0) is 17.5. The highest BCUT2D eigenvalue weighted by Gasteiger charge is 2.23. The van der Waals surface area contributed by atoms with Crippen molar-refractivity contribution in [3.63, 3.8) is 0 Å². The third-order valence-electron chi connectivity index (χ3n) is 4.78. The average Bonchev–Trinajstić information content (AvgIpc) is 3.16. The van der Waals surface area contributed by atoms with Crippen molar-refractivity contribution in [2.45, 2.75) is 51.0 Å². The van der Waals surface area contributed by atoms with E-state index in [9.17, 15) is 0 Å². The molecule has 5 nitrogen and oxygen atoms in total. The second kappa shape index (κ2) is 9.27. The summed E-state index contributed by atoms with van der Waals surface area (Å²) in [4.78, 5) is 0. The van der Waals surface area contributed by atoms with E-state index >= 15 is 0 Å². The molecule has 1 aromatic heterocycles. The van der Waals surface area contributed by atoms with Crippen LogP contribution in [0, 0.1) is 0 Å². The monoisotopic (exact) mass is 360 g/mol. The fourth-order valence-corrected chi connectivity index (χ4v) is 4.07. The molecule has 3 rings (SSSR count). The molecule has 0 amide bonds. The molecule has 6 heteroatoms. The van der Waals surface area contributed by atoms with Crippen LogP contribution < -0.4 is 14.2 Å². The van der Waals surface area contributed by atoms with E-state index in [0.717, 1.165) is 30.0 Å². The summed E-state index contributed by atoms with van der Waals surface area (Å²) in [5.74, 6) is 1.45. The van der Waals surface area contributed by atoms with Gasteiger partial charge < -0.3 is 4.74 Å². The summed E-state index contributed by atoms with van der Waals surface area (Å²) in [6.45, 7) is 3.23. The third kappa shape index (κ3) is 5.00. The van der Waals surface area contributed by atoms with Crippen LogP contribution in [0.2, 0.25) is 0 Å². The molecule has 0 saturated heterocycles. The Morgan fingerprint density at radius 2 is 2.08 bits per heavy atom. The average molecular weight is 361 g/mol. The predicted octanol–water partition coefficient (Wildman–Crippen LogP) is 4.26. The Hall–Kier alpha value is -1.50. The number of hydrogen-bond acceptors (Lipinski definition) is 5. The van der Waals surface area contributed by atoms with Gasteiger partial charge in [0.25, 0.3) is 0 Å². The minimum atomic E-state index is 0.582. The molecular weight excluding hydrogens is 332 g/mol. The Morgan fingerprint density at radius 3 is 2.84 bits per heavy atom. The molecule has 1 heterocycles. The maximum absolute atomic E-state index is 5.31. The Morgan fingerprint density at radius 1 is 1.24 bits per heavy atom. The van der Waals surface area contributed by atoms with Crippen molar-refractivity contribution in [2.24, 2.45) is 0 Å². The molecule has 1 saturated carbocycles. The Balaban J connectivity index is 1.53. The van der Waals surface area contributed by atoms with E-state index in [4.69, 9.17) is 4.74 Å². The zero-order valence-corrected chi connectivity index (χ0v) is 15.9. The van der Waals surface area contributed by atoms with Gasteiger partial charge in [-0.3, -0.25) is 9.82 Å². The van der Waals surface area contributed by atoms with Crippen molar-refractivity contribution in [2.75, 3.05) is 13.7 Å². The van der Waals surface area contributed by atoms with Gasteiger partial charge in [0.05, 0.1) is 12.8 Å². The summed E-state index contributed by atoms with van der Waals surface area (Å²) in [6, 6.07) is 10.9. The van der Waals surface area contributed by atoms with Gasteiger partial charge >= 0.3 is 0 Å². The summed E-state index contributed by atoms with van der Waals surface area (Å²) in [5.41, 5.74) is 3.34. The number of nitrogens with one attached hydrogen (secondary N) is 3. The fraction of sp³-hybridized carbons (Fsp3) is 0.526. The number of hydrogen-bond donors (Lipinski definition) is 3. The van der Waals surface area contributed by atoms with Gasteiger partial charge in [0.2, 0.25) is 0 Å². The van der Waals surface area contributed by atoms with E-state index in [0.29, 0.717) is 12.0 Å². The van der Waals surface area contributed by atoms with Crippen LogP contribution in [0.15, 0.2) is 30.3 Å². The largest absolute Gasteiger partial charge is 0.497 e. The van der Waals surface area contributed by atoms with Gasteiger partial charge in [0.1, 0.15) is 5.75 Å². The SMILES string of the molecule is CCCNSNC1CCC(c2cc(-c3cccc(OC)c3)n[nH]2)CC1. The molecule has 136 valence electrons. The van der Waals surface area contributed by atoms with Gasteiger partial charge in [-0.2, -0.15) is 5.10 Å². The molecule has 1 aromatic carbocycles. The molecule has 25 heavy (non-hydrogen) atoms. The Bertz CT molecular complexity index is 652. The number of ether oxygens (including phenoxy) is 1. The number of benzene rings is 1. The minimum Gasteiger partial charge on any atom is -0.497 e. The first-order chi connectivity index (χ1) is 12.3. The van der Waals surface area contributed by atoms with Crippen molar-refractivity contribution in [3.05, 3.63) is 36.0 Å². The minimum absolute atomic E-state index is 0.582. The Labute approximate surface area is 154 Å². The van der Waals surface area contributed by atoms with Gasteiger partial charge in [0, 0.05) is 41.9 Å². The summed E-state index contributed by atoms with van der Waals surface area (Å²) in [5, 5.41) is 7.77. The second-order valence-corrected chi connectivity index (χ2v) is 7.33. The van der Waals surface area contributed by atoms with Crippen LogP contribution in [-0.4, -0.2) is 29.9 Å². The molecule has 3 N–H and O–H groups in total. The number of methoxy groups -OCH3 is 1. The van der Waals surface area contributed by atoms with E-state index in [2.05, 4.69) is 38.7 Å². The molecule has 1 fully saturated rings. The molecule has 0 aliphatic heterocycles. The molecule has 0 atom stereocenters. The lowest BCUT2D eigenvalue weighted by molar-refractivity contribution is 0.376. The standard InChI is InChI=1S/C19H28N4OS/c1-3-11-20-25-23-16-9-7-14(8-10-16)18-13-19(22-21-18)15-5-4-6-17(12-15)24-2/h4-6,12-14,16,20,23H,3,7-11H2,1-2H3,(H,21,22). The fourth-order valence-electron chi connectivity index (χ4n) is 3.28. The zero-order valence-electron chi connectivity index (χ0n) is 15.0. The van der Waals surface area contributed by atoms with Gasteiger partial charge in [0.15, 0.2) is 0 Å². The molecule has 1 aliphatic carbocycles. The molecule has 1 aliphatic rings. The summed E-state index contributed by atoms with van der Waals surface area (Å²) in [7, 11) is 1.69. The third-order valence-corrected chi connectivity index (χ3v) is 5.58. The lowest BCUT2D eigenvalue weighted by Gasteiger charge is -2.28. The normalized spacial score (nSPS) is 20.6.